The van der Waals surface area contributed by atoms with Crippen LogP contribution in [-0.2, 0) is 0 Å². The number of benzene rings is 1. The maximum atomic E-state index is 13.1. The Morgan fingerprint density at radius 1 is 1.59 bits per heavy atom. The summed E-state index contributed by atoms with van der Waals surface area (Å²) in [6, 6.07) is 6.23. The van der Waals surface area contributed by atoms with Crippen molar-refractivity contribution in [1.29, 1.82) is 5.26 Å². The molecule has 0 N–H and O–H groups in total. The number of anilines is 1. The van der Waals surface area contributed by atoms with Crippen molar-refractivity contribution in [3.05, 3.63) is 29.6 Å². The Balaban J connectivity index is 3.05. The summed E-state index contributed by atoms with van der Waals surface area (Å²) >= 11 is 0. The molecule has 17 heavy (non-hydrogen) atoms. The molecular formula is C13H15FN2O. The maximum Gasteiger partial charge on any atom is 0.161 e. The van der Waals surface area contributed by atoms with Crippen molar-refractivity contribution < 1.29 is 9.18 Å². The fourth-order valence-electron chi connectivity index (χ4n) is 1.67. The highest BCUT2D eigenvalue weighted by atomic mass is 19.1. The van der Waals surface area contributed by atoms with Gasteiger partial charge in [0, 0.05) is 24.8 Å². The van der Waals surface area contributed by atoms with E-state index in [-0.39, 0.29) is 11.7 Å². The van der Waals surface area contributed by atoms with Crippen LogP contribution >= 0.6 is 0 Å². The topological polar surface area (TPSA) is 44.1 Å². The first-order chi connectivity index (χ1) is 7.95. The van der Waals surface area contributed by atoms with Crippen LogP contribution in [0.3, 0.4) is 0 Å². The fraction of sp³-hybridized carbons (Fsp3) is 0.385. The zero-order valence-electron chi connectivity index (χ0n) is 10.2. The molecule has 1 unspecified atom stereocenters. The maximum absolute atomic E-state index is 13.1. The second kappa shape index (κ2) is 5.44. The van der Waals surface area contributed by atoms with Gasteiger partial charge in [-0.25, -0.2) is 4.39 Å². The molecule has 4 heteroatoms. The molecule has 0 spiro atoms. The van der Waals surface area contributed by atoms with Gasteiger partial charge in [0.2, 0.25) is 0 Å². The van der Waals surface area contributed by atoms with E-state index in [4.69, 9.17) is 5.26 Å². The number of nitrogens with zero attached hydrogens (tertiary/aromatic N) is 2. The van der Waals surface area contributed by atoms with Crippen LogP contribution in [0.15, 0.2) is 18.2 Å². The first-order valence-electron chi connectivity index (χ1n) is 5.37. The molecule has 1 aromatic rings. The zero-order chi connectivity index (χ0) is 13.0. The molecule has 0 aliphatic rings. The minimum atomic E-state index is -0.430. The van der Waals surface area contributed by atoms with Gasteiger partial charge in [-0.2, -0.15) is 5.26 Å². The molecule has 0 aromatic heterocycles. The molecule has 0 bridgehead atoms. The Labute approximate surface area is 100 Å². The number of hydrogen-bond acceptors (Lipinski definition) is 3. The highest BCUT2D eigenvalue weighted by Crippen LogP contribution is 2.22. The lowest BCUT2D eigenvalue weighted by atomic mass is 10.1. The number of halogens is 1. The molecule has 0 saturated carbocycles. The van der Waals surface area contributed by atoms with Gasteiger partial charge < -0.3 is 4.90 Å². The summed E-state index contributed by atoms with van der Waals surface area (Å²) in [5, 5.41) is 8.75. The molecule has 1 aromatic carbocycles. The Hall–Kier alpha value is -1.89. The molecule has 0 fully saturated rings. The van der Waals surface area contributed by atoms with Crippen LogP contribution < -0.4 is 4.90 Å². The van der Waals surface area contributed by atoms with Crippen LogP contribution in [0.5, 0.6) is 0 Å². The lowest BCUT2D eigenvalue weighted by Gasteiger charge is -2.22. The monoisotopic (exact) mass is 234 g/mol. The predicted molar refractivity (Wildman–Crippen MR) is 64.5 cm³/mol. The molecule has 90 valence electrons. The molecule has 0 radical (unpaired) electrons. The van der Waals surface area contributed by atoms with Crippen LogP contribution in [0, 0.1) is 23.1 Å². The molecule has 0 saturated heterocycles. The molecular weight excluding hydrogens is 219 g/mol. The van der Waals surface area contributed by atoms with Crippen molar-refractivity contribution >= 4 is 11.5 Å². The summed E-state index contributed by atoms with van der Waals surface area (Å²) in [5.74, 6) is -0.762. The van der Waals surface area contributed by atoms with Crippen LogP contribution in [0.2, 0.25) is 0 Å². The molecule has 0 heterocycles. The van der Waals surface area contributed by atoms with Crippen LogP contribution in [-0.4, -0.2) is 19.4 Å². The minimum absolute atomic E-state index is 0.148. The Kier molecular flexibility index (Phi) is 4.22. The summed E-state index contributed by atoms with van der Waals surface area (Å²) in [6.45, 7) is 3.70. The van der Waals surface area contributed by atoms with Crippen molar-refractivity contribution in [2.75, 3.05) is 18.5 Å². The summed E-state index contributed by atoms with van der Waals surface area (Å²) in [4.78, 5) is 13.2. The van der Waals surface area contributed by atoms with Gasteiger partial charge in [0.25, 0.3) is 0 Å². The van der Waals surface area contributed by atoms with E-state index in [0.717, 1.165) is 0 Å². The third-order valence-electron chi connectivity index (χ3n) is 2.52. The summed E-state index contributed by atoms with van der Waals surface area (Å²) < 4.78 is 13.1. The first kappa shape index (κ1) is 13.2. The number of nitriles is 1. The summed E-state index contributed by atoms with van der Waals surface area (Å²) in [5.41, 5.74) is 0.999. The highest BCUT2D eigenvalue weighted by Gasteiger charge is 2.14. The van der Waals surface area contributed by atoms with Crippen molar-refractivity contribution in [1.82, 2.24) is 0 Å². The number of carbonyl (C=O) groups is 1. The van der Waals surface area contributed by atoms with Gasteiger partial charge in [0.1, 0.15) is 5.82 Å². The molecule has 0 aliphatic carbocycles. The van der Waals surface area contributed by atoms with Crippen molar-refractivity contribution in [2.45, 2.75) is 13.8 Å². The van der Waals surface area contributed by atoms with Gasteiger partial charge in [0.05, 0.1) is 12.0 Å². The van der Waals surface area contributed by atoms with Gasteiger partial charge in [0.15, 0.2) is 5.78 Å². The SMILES string of the molecule is CC(=O)c1cc(F)ccc1N(C)CC(C)C#N. The Bertz CT molecular complexity index is 465. The third kappa shape index (κ3) is 3.28. The van der Waals surface area contributed by atoms with Crippen LogP contribution in [0.1, 0.15) is 24.2 Å². The summed E-state index contributed by atoms with van der Waals surface area (Å²) in [6.07, 6.45) is 0. The van der Waals surface area contributed by atoms with Gasteiger partial charge in [-0.15, -0.1) is 0 Å². The van der Waals surface area contributed by atoms with E-state index in [0.29, 0.717) is 17.8 Å². The van der Waals surface area contributed by atoms with Gasteiger partial charge >= 0.3 is 0 Å². The standard InChI is InChI=1S/C13H15FN2O/c1-9(7-15)8-16(3)13-5-4-11(14)6-12(13)10(2)17/h4-6,9H,8H2,1-3H3. The van der Waals surface area contributed by atoms with Crippen LogP contribution in [0.4, 0.5) is 10.1 Å². The van der Waals surface area contributed by atoms with Gasteiger partial charge in [-0.05, 0) is 32.0 Å². The van der Waals surface area contributed by atoms with E-state index in [1.165, 1.54) is 19.1 Å². The Morgan fingerprint density at radius 3 is 2.76 bits per heavy atom. The van der Waals surface area contributed by atoms with E-state index in [9.17, 15) is 9.18 Å². The van der Waals surface area contributed by atoms with Crippen LogP contribution in [0.25, 0.3) is 0 Å². The van der Waals surface area contributed by atoms with E-state index in [1.807, 2.05) is 0 Å². The average molecular weight is 234 g/mol. The van der Waals surface area contributed by atoms with Crippen molar-refractivity contribution in [3.8, 4) is 6.07 Å². The van der Waals surface area contributed by atoms with E-state index in [1.54, 1.807) is 24.9 Å². The number of carbonyl (C=O) groups excluding carboxylic acids is 1. The number of hydrogen-bond donors (Lipinski definition) is 0. The molecule has 1 atom stereocenters. The van der Waals surface area contributed by atoms with Gasteiger partial charge in [-0.3, -0.25) is 4.79 Å². The van der Waals surface area contributed by atoms with Gasteiger partial charge in [-0.1, -0.05) is 0 Å². The second-order valence-corrected chi connectivity index (χ2v) is 4.13. The summed E-state index contributed by atoms with van der Waals surface area (Å²) in [7, 11) is 1.79. The van der Waals surface area contributed by atoms with E-state index >= 15 is 0 Å². The number of rotatable bonds is 4. The van der Waals surface area contributed by atoms with Crippen molar-refractivity contribution in [3.63, 3.8) is 0 Å². The molecule has 0 amide bonds. The van der Waals surface area contributed by atoms with Crippen molar-refractivity contribution in [2.24, 2.45) is 5.92 Å². The van der Waals surface area contributed by atoms with E-state index in [2.05, 4.69) is 6.07 Å². The quantitative estimate of drug-likeness (QED) is 0.752. The molecule has 1 rings (SSSR count). The number of ketones is 1. The normalized spacial score (nSPS) is 11.7. The second-order valence-electron chi connectivity index (χ2n) is 4.13. The average Bonchev–Trinajstić information content (AvgIpc) is 2.28. The predicted octanol–water partition coefficient (Wildman–Crippen LogP) is 2.62. The van der Waals surface area contributed by atoms with E-state index < -0.39 is 5.82 Å². The lowest BCUT2D eigenvalue weighted by molar-refractivity contribution is 0.101. The molecule has 0 aliphatic heterocycles. The lowest BCUT2D eigenvalue weighted by Crippen LogP contribution is -2.24. The third-order valence-corrected chi connectivity index (χ3v) is 2.52. The molecule has 3 nitrogen and oxygen atoms in total. The minimum Gasteiger partial charge on any atom is -0.373 e. The number of Topliss-reactive ketones (excluding diaryl/α,β-unsaturated/α-hetero) is 1. The highest BCUT2D eigenvalue weighted by molar-refractivity contribution is 5.99. The first-order valence-corrected chi connectivity index (χ1v) is 5.37. The fourth-order valence-corrected chi connectivity index (χ4v) is 1.67. The largest absolute Gasteiger partial charge is 0.373 e. The zero-order valence-corrected chi connectivity index (χ0v) is 10.2. The Morgan fingerprint density at radius 2 is 2.24 bits per heavy atom. The smallest absolute Gasteiger partial charge is 0.161 e.